The number of ether oxygens (including phenoxy) is 1. The van der Waals surface area contributed by atoms with Crippen LogP contribution in [0.3, 0.4) is 0 Å². The molecule has 1 fully saturated rings. The van der Waals surface area contributed by atoms with E-state index in [1.54, 1.807) is 23.6 Å². The van der Waals surface area contributed by atoms with Crippen LogP contribution < -0.4 is 11.1 Å². The number of nitrogens with one attached hydrogen (secondary N) is 1. The van der Waals surface area contributed by atoms with Gasteiger partial charge in [-0.2, -0.15) is 11.8 Å². The molecule has 1 saturated heterocycles. The van der Waals surface area contributed by atoms with Crippen molar-refractivity contribution in [2.24, 2.45) is 5.73 Å². The fraction of sp³-hybridized carbons (Fsp3) is 0.471. The van der Waals surface area contributed by atoms with Gasteiger partial charge < -0.3 is 20.7 Å². The SMILES string of the molecule is CCOC(=O)[C@H]1CSCCN1C(=O)C[C@H](NC(N)=O)c1ccccc1. The molecule has 3 amide bonds. The van der Waals surface area contributed by atoms with Gasteiger partial charge in [0.1, 0.15) is 6.04 Å². The van der Waals surface area contributed by atoms with Gasteiger partial charge in [0.25, 0.3) is 0 Å². The third-order valence-corrected chi connectivity index (χ3v) is 4.93. The lowest BCUT2D eigenvalue weighted by Gasteiger charge is -2.34. The zero-order valence-corrected chi connectivity index (χ0v) is 15.0. The van der Waals surface area contributed by atoms with Gasteiger partial charge in [0.15, 0.2) is 0 Å². The molecule has 7 nitrogen and oxygen atoms in total. The van der Waals surface area contributed by atoms with E-state index in [4.69, 9.17) is 10.5 Å². The van der Waals surface area contributed by atoms with Gasteiger partial charge in [0.2, 0.25) is 5.91 Å². The van der Waals surface area contributed by atoms with Crippen LogP contribution in [0.2, 0.25) is 0 Å². The third kappa shape index (κ3) is 5.38. The number of nitrogens with two attached hydrogens (primary N) is 1. The summed E-state index contributed by atoms with van der Waals surface area (Å²) in [4.78, 5) is 37.8. The number of urea groups is 1. The van der Waals surface area contributed by atoms with E-state index in [-0.39, 0.29) is 24.9 Å². The second-order valence-corrected chi connectivity index (χ2v) is 6.76. The maximum Gasteiger partial charge on any atom is 0.329 e. The number of carbonyl (C=O) groups is 3. The molecule has 0 aromatic heterocycles. The van der Waals surface area contributed by atoms with E-state index in [2.05, 4.69) is 5.32 Å². The molecule has 1 aromatic rings. The Morgan fingerprint density at radius 2 is 2.08 bits per heavy atom. The van der Waals surface area contributed by atoms with Crippen LogP contribution in [0, 0.1) is 0 Å². The molecular formula is C17H23N3O4S. The molecule has 0 aliphatic carbocycles. The van der Waals surface area contributed by atoms with Gasteiger partial charge in [0.05, 0.1) is 19.1 Å². The summed E-state index contributed by atoms with van der Waals surface area (Å²) < 4.78 is 5.08. The quantitative estimate of drug-likeness (QED) is 0.740. The summed E-state index contributed by atoms with van der Waals surface area (Å²) in [5, 5.41) is 2.61. The molecule has 1 aromatic carbocycles. The zero-order chi connectivity index (χ0) is 18.2. The number of esters is 1. The number of carbonyl (C=O) groups excluding carboxylic acids is 3. The van der Waals surface area contributed by atoms with Crippen molar-refractivity contribution in [3.63, 3.8) is 0 Å². The van der Waals surface area contributed by atoms with Gasteiger partial charge in [-0.3, -0.25) is 4.79 Å². The first kappa shape index (κ1) is 19.1. The topological polar surface area (TPSA) is 102 Å². The van der Waals surface area contributed by atoms with Crippen molar-refractivity contribution < 1.29 is 19.1 Å². The summed E-state index contributed by atoms with van der Waals surface area (Å²) in [5.41, 5.74) is 6.03. The number of primary amides is 1. The van der Waals surface area contributed by atoms with Crippen LogP contribution in [-0.4, -0.2) is 53.5 Å². The minimum absolute atomic E-state index is 0.0352. The molecule has 1 aliphatic heterocycles. The van der Waals surface area contributed by atoms with Gasteiger partial charge in [-0.25, -0.2) is 9.59 Å². The molecule has 2 rings (SSSR count). The predicted molar refractivity (Wildman–Crippen MR) is 96.0 cm³/mol. The van der Waals surface area contributed by atoms with Crippen LogP contribution in [0.4, 0.5) is 4.79 Å². The van der Waals surface area contributed by atoms with E-state index in [1.807, 2.05) is 30.3 Å². The summed E-state index contributed by atoms with van der Waals surface area (Å²) in [6.45, 7) is 2.49. The van der Waals surface area contributed by atoms with Crippen LogP contribution in [0.1, 0.15) is 24.9 Å². The number of benzene rings is 1. The fourth-order valence-corrected chi connectivity index (χ4v) is 3.77. The lowest BCUT2D eigenvalue weighted by Crippen LogP contribution is -2.51. The monoisotopic (exact) mass is 365 g/mol. The summed E-state index contributed by atoms with van der Waals surface area (Å²) >= 11 is 1.62. The number of hydrogen-bond donors (Lipinski definition) is 2. The Balaban J connectivity index is 2.12. The van der Waals surface area contributed by atoms with Crippen LogP contribution in [-0.2, 0) is 14.3 Å². The van der Waals surface area contributed by atoms with Crippen molar-refractivity contribution in [1.82, 2.24) is 10.2 Å². The predicted octanol–water partition coefficient (Wildman–Crippen LogP) is 1.29. The average Bonchev–Trinajstić information content (AvgIpc) is 2.61. The molecule has 0 bridgehead atoms. The van der Waals surface area contributed by atoms with Gasteiger partial charge in [0, 0.05) is 18.1 Å². The van der Waals surface area contributed by atoms with Crippen molar-refractivity contribution in [2.45, 2.75) is 25.4 Å². The Hall–Kier alpha value is -2.22. The summed E-state index contributed by atoms with van der Waals surface area (Å²) in [5.74, 6) is 0.688. The minimum atomic E-state index is -0.696. The molecule has 2 atom stereocenters. The summed E-state index contributed by atoms with van der Waals surface area (Å²) in [7, 11) is 0. The number of rotatable bonds is 6. The largest absolute Gasteiger partial charge is 0.464 e. The lowest BCUT2D eigenvalue weighted by molar-refractivity contribution is -0.154. The number of thioether (sulfide) groups is 1. The van der Waals surface area contributed by atoms with Crippen molar-refractivity contribution >= 4 is 29.7 Å². The van der Waals surface area contributed by atoms with E-state index in [1.165, 1.54) is 0 Å². The average molecular weight is 365 g/mol. The van der Waals surface area contributed by atoms with Crippen LogP contribution >= 0.6 is 11.8 Å². The number of amides is 3. The molecule has 1 aliphatic rings. The van der Waals surface area contributed by atoms with E-state index in [0.717, 1.165) is 11.3 Å². The maximum atomic E-state index is 12.8. The van der Waals surface area contributed by atoms with Crippen molar-refractivity contribution in [3.8, 4) is 0 Å². The molecular weight excluding hydrogens is 342 g/mol. The second kappa shape index (κ2) is 9.31. The molecule has 136 valence electrons. The Morgan fingerprint density at radius 1 is 1.36 bits per heavy atom. The highest BCUT2D eigenvalue weighted by Crippen LogP contribution is 2.23. The standard InChI is InChI=1S/C17H23N3O4S/c1-2-24-16(22)14-11-25-9-8-20(14)15(21)10-13(19-17(18)23)12-6-4-3-5-7-12/h3-7,13-14H,2,8-11H2,1H3,(H3,18,19,23)/t13-,14+/m0/s1. The molecule has 0 unspecified atom stereocenters. The highest BCUT2D eigenvalue weighted by atomic mass is 32.2. The fourth-order valence-electron chi connectivity index (χ4n) is 2.74. The highest BCUT2D eigenvalue weighted by Gasteiger charge is 2.34. The Bertz CT molecular complexity index is 611. The first-order chi connectivity index (χ1) is 12.0. The molecule has 0 radical (unpaired) electrons. The first-order valence-corrected chi connectivity index (χ1v) is 9.33. The van der Waals surface area contributed by atoms with Crippen molar-refractivity contribution in [2.75, 3.05) is 24.7 Å². The summed E-state index contributed by atoms with van der Waals surface area (Å²) in [6, 6.07) is 7.33. The normalized spacial score (nSPS) is 18.3. The molecule has 1 heterocycles. The van der Waals surface area contributed by atoms with E-state index >= 15 is 0 Å². The smallest absolute Gasteiger partial charge is 0.329 e. The highest BCUT2D eigenvalue weighted by molar-refractivity contribution is 7.99. The number of hydrogen-bond acceptors (Lipinski definition) is 5. The molecule has 3 N–H and O–H groups in total. The Kier molecular flexibility index (Phi) is 7.12. The first-order valence-electron chi connectivity index (χ1n) is 8.17. The maximum absolute atomic E-state index is 12.8. The van der Waals surface area contributed by atoms with Crippen LogP contribution in [0.15, 0.2) is 30.3 Å². The molecule has 0 spiro atoms. The molecule has 8 heteroatoms. The van der Waals surface area contributed by atoms with Crippen LogP contribution in [0.5, 0.6) is 0 Å². The number of nitrogens with zero attached hydrogens (tertiary/aromatic N) is 1. The van der Waals surface area contributed by atoms with Crippen molar-refractivity contribution in [1.29, 1.82) is 0 Å². The van der Waals surface area contributed by atoms with Gasteiger partial charge in [-0.15, -0.1) is 0 Å². The molecule has 0 saturated carbocycles. The zero-order valence-electron chi connectivity index (χ0n) is 14.1. The van der Waals surface area contributed by atoms with E-state index in [9.17, 15) is 14.4 Å². The Labute approximate surface area is 151 Å². The molecule has 25 heavy (non-hydrogen) atoms. The van der Waals surface area contributed by atoms with Gasteiger partial charge in [-0.05, 0) is 12.5 Å². The van der Waals surface area contributed by atoms with Crippen molar-refractivity contribution in [3.05, 3.63) is 35.9 Å². The summed E-state index contributed by atoms with van der Waals surface area (Å²) in [6.07, 6.45) is 0.0352. The van der Waals surface area contributed by atoms with E-state index < -0.39 is 18.1 Å². The van der Waals surface area contributed by atoms with E-state index in [0.29, 0.717) is 12.3 Å². The second-order valence-electron chi connectivity index (χ2n) is 5.61. The van der Waals surface area contributed by atoms with Gasteiger partial charge >= 0.3 is 12.0 Å². The third-order valence-electron chi connectivity index (χ3n) is 3.90. The Morgan fingerprint density at radius 3 is 2.72 bits per heavy atom. The van der Waals surface area contributed by atoms with Gasteiger partial charge in [-0.1, -0.05) is 30.3 Å². The lowest BCUT2D eigenvalue weighted by atomic mass is 10.0. The minimum Gasteiger partial charge on any atom is -0.464 e. The van der Waals surface area contributed by atoms with Crippen LogP contribution in [0.25, 0.3) is 0 Å².